The number of carbonyl (C=O) groups excluding carboxylic acids is 1. The molecule has 6 nitrogen and oxygen atoms in total. The fraction of sp³-hybridized carbons (Fsp3) is 0.545. The molecule has 1 amide bonds. The normalized spacial score (nSPS) is 14.1. The van der Waals surface area contributed by atoms with Gasteiger partial charge in [0.1, 0.15) is 0 Å². The van der Waals surface area contributed by atoms with Crippen LogP contribution in [0.25, 0.3) is 0 Å². The molecule has 1 heterocycles. The van der Waals surface area contributed by atoms with Crippen molar-refractivity contribution < 1.29 is 19.2 Å². The number of aliphatic carboxylic acids is 1. The number of carboxylic acids is 1. The minimum absolute atomic E-state index is 0.219. The summed E-state index contributed by atoms with van der Waals surface area (Å²) in [7, 11) is 0. The van der Waals surface area contributed by atoms with Crippen molar-refractivity contribution in [2.24, 2.45) is 11.8 Å². The Hall–Kier alpha value is -1.85. The molecule has 1 aromatic rings. The molecule has 0 aliphatic heterocycles. The number of carboxylic acid groups (broad SMARTS) is 1. The monoisotopic (exact) mass is 240 g/mol. The summed E-state index contributed by atoms with van der Waals surface area (Å²) in [6.07, 6.45) is 0. The maximum atomic E-state index is 11.6. The highest BCUT2D eigenvalue weighted by Crippen LogP contribution is 2.11. The maximum Gasteiger partial charge on any atom is 0.307 e. The second-order valence-corrected chi connectivity index (χ2v) is 4.07. The van der Waals surface area contributed by atoms with Crippen molar-refractivity contribution in [3.8, 4) is 0 Å². The average Bonchev–Trinajstić information content (AvgIpc) is 2.69. The van der Waals surface area contributed by atoms with Gasteiger partial charge in [-0.2, -0.15) is 0 Å². The zero-order chi connectivity index (χ0) is 13.0. The number of aromatic nitrogens is 1. The summed E-state index contributed by atoms with van der Waals surface area (Å²) in [5, 5.41) is 15.1. The summed E-state index contributed by atoms with van der Waals surface area (Å²) in [6, 6.07) is 1.71. The number of amides is 1. The van der Waals surface area contributed by atoms with E-state index in [0.717, 1.165) is 5.69 Å². The summed E-state index contributed by atoms with van der Waals surface area (Å²) in [6.45, 7) is 5.09. The van der Waals surface area contributed by atoms with E-state index in [9.17, 15) is 9.59 Å². The zero-order valence-corrected chi connectivity index (χ0v) is 10.1. The van der Waals surface area contributed by atoms with Crippen LogP contribution >= 0.6 is 0 Å². The lowest BCUT2D eigenvalue weighted by Crippen LogP contribution is -2.34. The molecule has 1 rings (SSSR count). The molecule has 0 aliphatic carbocycles. The van der Waals surface area contributed by atoms with Crippen LogP contribution in [0.1, 0.15) is 25.3 Å². The molecular formula is C11H16N2O4. The maximum absolute atomic E-state index is 11.6. The molecule has 17 heavy (non-hydrogen) atoms. The lowest BCUT2D eigenvalue weighted by molar-refractivity contribution is -0.146. The quantitative estimate of drug-likeness (QED) is 0.799. The van der Waals surface area contributed by atoms with Crippen LogP contribution in [-0.4, -0.2) is 22.1 Å². The van der Waals surface area contributed by atoms with Crippen LogP contribution in [-0.2, 0) is 16.1 Å². The number of hydrogen-bond donors (Lipinski definition) is 2. The second kappa shape index (κ2) is 5.47. The number of carbonyl (C=O) groups is 2. The Labute approximate surface area is 99.0 Å². The summed E-state index contributed by atoms with van der Waals surface area (Å²) in [5.41, 5.74) is 0.737. The van der Waals surface area contributed by atoms with E-state index >= 15 is 0 Å². The molecule has 94 valence electrons. The SMILES string of the molecule is Cc1cc(CNC(=O)C(C)C(C)C(=O)O)on1. The Bertz CT molecular complexity index is 413. The van der Waals surface area contributed by atoms with Crippen molar-refractivity contribution >= 4 is 11.9 Å². The summed E-state index contributed by atoms with van der Waals surface area (Å²) in [4.78, 5) is 22.3. The van der Waals surface area contributed by atoms with Crippen LogP contribution in [0.4, 0.5) is 0 Å². The van der Waals surface area contributed by atoms with Gasteiger partial charge in [-0.1, -0.05) is 19.0 Å². The van der Waals surface area contributed by atoms with Crippen LogP contribution in [0, 0.1) is 18.8 Å². The van der Waals surface area contributed by atoms with Gasteiger partial charge in [-0.15, -0.1) is 0 Å². The van der Waals surface area contributed by atoms with E-state index in [0.29, 0.717) is 5.76 Å². The lowest BCUT2D eigenvalue weighted by atomic mass is 9.95. The predicted octanol–water partition coefficient (Wildman–Crippen LogP) is 0.956. The summed E-state index contributed by atoms with van der Waals surface area (Å²) < 4.78 is 4.92. The van der Waals surface area contributed by atoms with E-state index in [4.69, 9.17) is 9.63 Å². The first-order valence-electron chi connectivity index (χ1n) is 5.34. The third-order valence-electron chi connectivity index (χ3n) is 2.67. The second-order valence-electron chi connectivity index (χ2n) is 4.07. The number of nitrogens with one attached hydrogen (secondary N) is 1. The van der Waals surface area contributed by atoms with Crippen LogP contribution in [0.5, 0.6) is 0 Å². The topological polar surface area (TPSA) is 92.4 Å². The van der Waals surface area contributed by atoms with Crippen molar-refractivity contribution in [3.05, 3.63) is 17.5 Å². The molecule has 1 aromatic heterocycles. The zero-order valence-electron chi connectivity index (χ0n) is 10.1. The van der Waals surface area contributed by atoms with Gasteiger partial charge in [-0.05, 0) is 6.92 Å². The third kappa shape index (κ3) is 3.58. The highest BCUT2D eigenvalue weighted by molar-refractivity contribution is 5.84. The van der Waals surface area contributed by atoms with Crippen LogP contribution in [0.15, 0.2) is 10.6 Å². The third-order valence-corrected chi connectivity index (χ3v) is 2.67. The van der Waals surface area contributed by atoms with Crippen LogP contribution in [0.2, 0.25) is 0 Å². The molecule has 6 heteroatoms. The van der Waals surface area contributed by atoms with Crippen molar-refractivity contribution in [2.45, 2.75) is 27.3 Å². The fourth-order valence-corrected chi connectivity index (χ4v) is 1.28. The van der Waals surface area contributed by atoms with Gasteiger partial charge in [0.25, 0.3) is 0 Å². The van der Waals surface area contributed by atoms with Gasteiger partial charge in [0.2, 0.25) is 5.91 Å². The van der Waals surface area contributed by atoms with E-state index in [2.05, 4.69) is 10.5 Å². The number of aryl methyl sites for hydroxylation is 1. The van der Waals surface area contributed by atoms with Crippen molar-refractivity contribution in [2.75, 3.05) is 0 Å². The largest absolute Gasteiger partial charge is 0.481 e. The highest BCUT2D eigenvalue weighted by Gasteiger charge is 2.25. The molecule has 0 radical (unpaired) electrons. The van der Waals surface area contributed by atoms with E-state index in [1.165, 1.54) is 6.92 Å². The standard InChI is InChI=1S/C11H16N2O4/c1-6-4-9(17-13-6)5-12-10(14)7(2)8(3)11(15)16/h4,7-8H,5H2,1-3H3,(H,12,14)(H,15,16). The van der Waals surface area contributed by atoms with Gasteiger partial charge < -0.3 is 14.9 Å². The first-order valence-corrected chi connectivity index (χ1v) is 5.34. The first-order chi connectivity index (χ1) is 7.91. The number of rotatable bonds is 5. The number of hydrogen-bond acceptors (Lipinski definition) is 4. The molecular weight excluding hydrogens is 224 g/mol. The van der Waals surface area contributed by atoms with Gasteiger partial charge in [0, 0.05) is 12.0 Å². The molecule has 0 fully saturated rings. The summed E-state index contributed by atoms with van der Waals surface area (Å²) >= 11 is 0. The Kier molecular flexibility index (Phi) is 4.25. The number of nitrogens with zero attached hydrogens (tertiary/aromatic N) is 1. The molecule has 2 N–H and O–H groups in total. The van der Waals surface area contributed by atoms with E-state index in [1.807, 2.05) is 0 Å². The predicted molar refractivity (Wildman–Crippen MR) is 59.1 cm³/mol. The van der Waals surface area contributed by atoms with E-state index in [1.54, 1.807) is 19.9 Å². The summed E-state index contributed by atoms with van der Waals surface area (Å²) in [5.74, 6) is -2.05. The molecule has 0 aliphatic rings. The molecule has 0 bridgehead atoms. The van der Waals surface area contributed by atoms with Gasteiger partial charge in [0.15, 0.2) is 5.76 Å². The molecule has 2 atom stereocenters. The van der Waals surface area contributed by atoms with E-state index in [-0.39, 0.29) is 12.5 Å². The first kappa shape index (κ1) is 13.2. The molecule has 0 saturated carbocycles. The smallest absolute Gasteiger partial charge is 0.307 e. The molecule has 0 spiro atoms. The average molecular weight is 240 g/mol. The Morgan fingerprint density at radius 3 is 2.59 bits per heavy atom. The fourth-order valence-electron chi connectivity index (χ4n) is 1.28. The minimum atomic E-state index is -0.983. The van der Waals surface area contributed by atoms with Gasteiger partial charge in [-0.25, -0.2) is 0 Å². The Balaban J connectivity index is 2.47. The Morgan fingerprint density at radius 1 is 1.47 bits per heavy atom. The van der Waals surface area contributed by atoms with Gasteiger partial charge in [0.05, 0.1) is 18.2 Å². The molecule has 2 unspecified atom stereocenters. The lowest BCUT2D eigenvalue weighted by Gasteiger charge is -2.14. The Morgan fingerprint density at radius 2 is 2.12 bits per heavy atom. The van der Waals surface area contributed by atoms with E-state index < -0.39 is 17.8 Å². The van der Waals surface area contributed by atoms with Crippen molar-refractivity contribution in [1.29, 1.82) is 0 Å². The van der Waals surface area contributed by atoms with Crippen molar-refractivity contribution in [1.82, 2.24) is 10.5 Å². The van der Waals surface area contributed by atoms with Gasteiger partial charge in [-0.3, -0.25) is 9.59 Å². The van der Waals surface area contributed by atoms with Gasteiger partial charge >= 0.3 is 5.97 Å². The highest BCUT2D eigenvalue weighted by atomic mass is 16.5. The molecule has 0 saturated heterocycles. The molecule has 0 aromatic carbocycles. The van der Waals surface area contributed by atoms with Crippen LogP contribution in [0.3, 0.4) is 0 Å². The van der Waals surface area contributed by atoms with Crippen LogP contribution < -0.4 is 5.32 Å². The minimum Gasteiger partial charge on any atom is -0.481 e. The van der Waals surface area contributed by atoms with Crippen molar-refractivity contribution in [3.63, 3.8) is 0 Å².